The number of esters is 2. The Kier molecular flexibility index (Phi) is 38.9. The van der Waals surface area contributed by atoms with Gasteiger partial charge in [-0.15, -0.1) is 0 Å². The summed E-state index contributed by atoms with van der Waals surface area (Å²) in [6.45, 7) is 3.75. The Bertz CT molecular complexity index is 830. The summed E-state index contributed by atoms with van der Waals surface area (Å²) >= 11 is 0. The van der Waals surface area contributed by atoms with Crippen LogP contribution in [0, 0.1) is 0 Å². The number of phosphoric acid groups is 1. The van der Waals surface area contributed by atoms with Crippen molar-refractivity contribution in [2.45, 2.75) is 232 Å². The van der Waals surface area contributed by atoms with Gasteiger partial charge in [-0.05, 0) is 12.8 Å². The first-order valence-corrected chi connectivity index (χ1v) is 23.5. The fourth-order valence-electron chi connectivity index (χ4n) is 6.46. The van der Waals surface area contributed by atoms with Gasteiger partial charge in [-0.25, -0.2) is 4.57 Å². The fraction of sp³-hybridized carbons (Fsp3) is 0.952. The van der Waals surface area contributed by atoms with E-state index >= 15 is 0 Å². The average molecular weight is 762 g/mol. The molecular weight excluding hydrogens is 677 g/mol. The zero-order valence-corrected chi connectivity index (χ0v) is 35.0. The lowest BCUT2D eigenvalue weighted by Gasteiger charge is -2.19. The van der Waals surface area contributed by atoms with Crippen molar-refractivity contribution in [3.05, 3.63) is 0 Å². The summed E-state index contributed by atoms with van der Waals surface area (Å²) in [7, 11) is -4.36. The average Bonchev–Trinajstić information content (AvgIpc) is 3.13. The van der Waals surface area contributed by atoms with Gasteiger partial charge in [0.1, 0.15) is 6.61 Å². The van der Waals surface area contributed by atoms with Crippen LogP contribution in [0.1, 0.15) is 226 Å². The molecule has 10 heteroatoms. The highest BCUT2D eigenvalue weighted by Crippen LogP contribution is 2.43. The van der Waals surface area contributed by atoms with Crippen LogP contribution in [-0.2, 0) is 32.7 Å². The van der Waals surface area contributed by atoms with E-state index < -0.39 is 26.5 Å². The van der Waals surface area contributed by atoms with E-state index in [0.717, 1.165) is 32.1 Å². The molecule has 0 aliphatic carbocycles. The molecule has 0 fully saturated rings. The van der Waals surface area contributed by atoms with Crippen molar-refractivity contribution < 1.29 is 37.6 Å². The van der Waals surface area contributed by atoms with E-state index in [4.69, 9.17) is 24.3 Å². The van der Waals surface area contributed by atoms with Crippen LogP contribution in [0.15, 0.2) is 0 Å². The summed E-state index contributed by atoms with van der Waals surface area (Å²) < 4.78 is 32.7. The maximum atomic E-state index is 12.5. The lowest BCUT2D eigenvalue weighted by Crippen LogP contribution is -2.29. The SMILES string of the molecule is CCCCCCCCCCCCCCCCCCCCCCCC(=O)OC[C@@H](COP(=O)(O)OCCN)OC(=O)CCCCCCCCCCCC. The topological polar surface area (TPSA) is 134 Å². The molecule has 0 amide bonds. The lowest BCUT2D eigenvalue weighted by molar-refractivity contribution is -0.161. The summed E-state index contributed by atoms with van der Waals surface area (Å²) in [5.74, 6) is -0.815. The Morgan fingerprint density at radius 2 is 0.827 bits per heavy atom. The third-order valence-electron chi connectivity index (χ3n) is 9.74. The number of carbonyl (C=O) groups excluding carboxylic acids is 2. The molecule has 0 radical (unpaired) electrons. The first-order valence-electron chi connectivity index (χ1n) is 22.0. The molecule has 0 bridgehead atoms. The highest BCUT2D eigenvalue weighted by molar-refractivity contribution is 7.47. The van der Waals surface area contributed by atoms with Gasteiger partial charge in [0, 0.05) is 19.4 Å². The molecule has 0 saturated carbocycles. The van der Waals surface area contributed by atoms with Crippen molar-refractivity contribution in [1.82, 2.24) is 0 Å². The van der Waals surface area contributed by atoms with E-state index in [1.165, 1.54) is 161 Å². The molecule has 0 aliphatic rings. The van der Waals surface area contributed by atoms with Gasteiger partial charge < -0.3 is 20.1 Å². The maximum Gasteiger partial charge on any atom is 0.472 e. The molecule has 0 heterocycles. The fourth-order valence-corrected chi connectivity index (χ4v) is 7.23. The molecule has 9 nitrogen and oxygen atoms in total. The Balaban J connectivity index is 3.98. The van der Waals surface area contributed by atoms with Gasteiger partial charge in [-0.3, -0.25) is 18.6 Å². The van der Waals surface area contributed by atoms with Gasteiger partial charge in [0.25, 0.3) is 0 Å². The molecule has 1 unspecified atom stereocenters. The standard InChI is InChI=1S/C42H84NO8P/c1-3-5-7-9-11-13-15-16-17-18-19-20-21-22-23-24-25-27-28-30-32-34-41(44)48-38-40(39-50-52(46,47)49-37-36-43)51-42(45)35-33-31-29-26-14-12-10-8-6-4-2/h40H,3-39,43H2,1-2H3,(H,46,47)/t40-/m0/s1. The number of ether oxygens (including phenoxy) is 2. The molecule has 0 spiro atoms. The second kappa shape index (κ2) is 39.7. The predicted molar refractivity (Wildman–Crippen MR) is 215 cm³/mol. The van der Waals surface area contributed by atoms with Crippen LogP contribution in [0.25, 0.3) is 0 Å². The van der Waals surface area contributed by atoms with Crippen LogP contribution in [-0.4, -0.2) is 49.3 Å². The van der Waals surface area contributed by atoms with E-state index in [1.807, 2.05) is 0 Å². The van der Waals surface area contributed by atoms with Crippen molar-refractivity contribution in [2.75, 3.05) is 26.4 Å². The van der Waals surface area contributed by atoms with Crippen LogP contribution < -0.4 is 5.73 Å². The van der Waals surface area contributed by atoms with Crippen LogP contribution in [0.5, 0.6) is 0 Å². The van der Waals surface area contributed by atoms with Gasteiger partial charge in [0.15, 0.2) is 6.10 Å². The molecule has 0 aliphatic heterocycles. The first kappa shape index (κ1) is 51.0. The minimum absolute atomic E-state index is 0.0579. The van der Waals surface area contributed by atoms with Crippen molar-refractivity contribution in [1.29, 1.82) is 0 Å². The predicted octanol–water partition coefficient (Wildman–Crippen LogP) is 12.4. The number of rotatable bonds is 42. The second-order valence-corrected chi connectivity index (χ2v) is 16.4. The van der Waals surface area contributed by atoms with Crippen molar-refractivity contribution in [2.24, 2.45) is 5.73 Å². The van der Waals surface area contributed by atoms with Gasteiger partial charge in [-0.1, -0.05) is 200 Å². The van der Waals surface area contributed by atoms with Gasteiger partial charge in [-0.2, -0.15) is 0 Å². The number of phosphoric ester groups is 1. The largest absolute Gasteiger partial charge is 0.472 e. The summed E-state index contributed by atoms with van der Waals surface area (Å²) in [5, 5.41) is 0. The third-order valence-corrected chi connectivity index (χ3v) is 10.7. The Hall–Kier alpha value is -0.990. The van der Waals surface area contributed by atoms with Crippen LogP contribution >= 0.6 is 7.82 Å². The van der Waals surface area contributed by atoms with Crippen molar-refractivity contribution >= 4 is 19.8 Å². The number of nitrogens with two attached hydrogens (primary N) is 1. The Morgan fingerprint density at radius 1 is 0.500 bits per heavy atom. The van der Waals surface area contributed by atoms with E-state index in [1.54, 1.807) is 0 Å². The number of carbonyl (C=O) groups is 2. The molecule has 0 saturated heterocycles. The first-order chi connectivity index (χ1) is 25.3. The third kappa shape index (κ3) is 38.7. The zero-order chi connectivity index (χ0) is 38.2. The molecular formula is C42H84NO8P. The van der Waals surface area contributed by atoms with E-state index in [9.17, 15) is 19.0 Å². The van der Waals surface area contributed by atoms with Gasteiger partial charge in [0.05, 0.1) is 13.2 Å². The van der Waals surface area contributed by atoms with Crippen LogP contribution in [0.3, 0.4) is 0 Å². The molecule has 0 aromatic carbocycles. The Morgan fingerprint density at radius 3 is 1.17 bits per heavy atom. The van der Waals surface area contributed by atoms with E-state index in [2.05, 4.69) is 13.8 Å². The summed E-state index contributed by atoms with van der Waals surface area (Å²) in [4.78, 5) is 34.8. The number of unbranched alkanes of at least 4 members (excludes halogenated alkanes) is 29. The smallest absolute Gasteiger partial charge is 0.462 e. The normalized spacial score (nSPS) is 13.2. The van der Waals surface area contributed by atoms with Crippen LogP contribution in [0.2, 0.25) is 0 Å². The highest BCUT2D eigenvalue weighted by Gasteiger charge is 2.26. The molecule has 0 aromatic heterocycles. The highest BCUT2D eigenvalue weighted by atomic mass is 31.2. The molecule has 0 aromatic rings. The summed E-state index contributed by atoms with van der Waals surface area (Å²) in [6, 6.07) is 0. The number of hydrogen-bond donors (Lipinski definition) is 2. The van der Waals surface area contributed by atoms with Crippen molar-refractivity contribution in [3.63, 3.8) is 0 Å². The van der Waals surface area contributed by atoms with Crippen LogP contribution in [0.4, 0.5) is 0 Å². The van der Waals surface area contributed by atoms with E-state index in [-0.39, 0.29) is 38.6 Å². The molecule has 52 heavy (non-hydrogen) atoms. The van der Waals surface area contributed by atoms with Crippen molar-refractivity contribution in [3.8, 4) is 0 Å². The molecule has 310 valence electrons. The lowest BCUT2D eigenvalue weighted by atomic mass is 10.0. The van der Waals surface area contributed by atoms with Gasteiger partial charge in [0.2, 0.25) is 0 Å². The molecule has 0 rings (SSSR count). The van der Waals surface area contributed by atoms with E-state index in [0.29, 0.717) is 6.42 Å². The maximum absolute atomic E-state index is 12.5. The second-order valence-electron chi connectivity index (χ2n) is 14.9. The monoisotopic (exact) mass is 762 g/mol. The Labute approximate surface area is 320 Å². The minimum atomic E-state index is -4.36. The minimum Gasteiger partial charge on any atom is -0.462 e. The van der Waals surface area contributed by atoms with Gasteiger partial charge >= 0.3 is 19.8 Å². The number of hydrogen-bond acceptors (Lipinski definition) is 8. The summed E-state index contributed by atoms with van der Waals surface area (Å²) in [6.07, 6.45) is 38.6. The molecule has 2 atom stereocenters. The molecule has 3 N–H and O–H groups in total. The zero-order valence-electron chi connectivity index (χ0n) is 34.1. The summed E-state index contributed by atoms with van der Waals surface area (Å²) in [5.41, 5.74) is 5.34. The quantitative estimate of drug-likeness (QED) is 0.0354.